The molecule has 0 aliphatic rings. The third-order valence-corrected chi connectivity index (χ3v) is 2.65. The normalized spacial score (nSPS) is 11.9. The van der Waals surface area contributed by atoms with Gasteiger partial charge in [-0.1, -0.05) is 6.07 Å². The van der Waals surface area contributed by atoms with Gasteiger partial charge in [0, 0.05) is 0 Å². The summed E-state index contributed by atoms with van der Waals surface area (Å²) in [6.45, 7) is 1.76. The van der Waals surface area contributed by atoms with Crippen molar-refractivity contribution in [3.8, 4) is 11.5 Å². The lowest BCUT2D eigenvalue weighted by Crippen LogP contribution is -2.27. The molecule has 1 amide bonds. The van der Waals surface area contributed by atoms with Gasteiger partial charge in [0.1, 0.15) is 12.2 Å². The fourth-order valence-electron chi connectivity index (χ4n) is 1.64. The molecule has 0 saturated carbocycles. The van der Waals surface area contributed by atoms with E-state index in [0.717, 1.165) is 0 Å². The van der Waals surface area contributed by atoms with Gasteiger partial charge in [-0.3, -0.25) is 9.89 Å². The zero-order valence-corrected chi connectivity index (χ0v) is 10.5. The average Bonchev–Trinajstić information content (AvgIpc) is 2.92. The first-order valence-corrected chi connectivity index (χ1v) is 5.65. The molecule has 2 aromatic rings. The van der Waals surface area contributed by atoms with E-state index in [0.29, 0.717) is 5.82 Å². The number of rotatable bonds is 4. The van der Waals surface area contributed by atoms with Crippen molar-refractivity contribution >= 4 is 5.91 Å². The summed E-state index contributed by atoms with van der Waals surface area (Å²) in [7, 11) is 1.42. The highest BCUT2D eigenvalue weighted by atomic mass is 16.5. The lowest BCUT2D eigenvalue weighted by Gasteiger charge is -2.13. The van der Waals surface area contributed by atoms with Crippen molar-refractivity contribution in [1.29, 1.82) is 0 Å². The van der Waals surface area contributed by atoms with E-state index in [2.05, 4.69) is 20.5 Å². The van der Waals surface area contributed by atoms with Gasteiger partial charge in [-0.2, -0.15) is 5.10 Å². The predicted octanol–water partition coefficient (Wildman–Crippen LogP) is 1.01. The van der Waals surface area contributed by atoms with E-state index in [4.69, 9.17) is 4.74 Å². The van der Waals surface area contributed by atoms with Gasteiger partial charge < -0.3 is 15.2 Å². The van der Waals surface area contributed by atoms with Crippen molar-refractivity contribution in [3.63, 3.8) is 0 Å². The molecule has 1 aromatic heterocycles. The number of methoxy groups -OCH3 is 1. The quantitative estimate of drug-likeness (QED) is 0.763. The summed E-state index contributed by atoms with van der Waals surface area (Å²) in [6.07, 6.45) is 1.36. The Balaban J connectivity index is 2.16. The number of hydrogen-bond donors (Lipinski definition) is 3. The first-order valence-electron chi connectivity index (χ1n) is 5.65. The van der Waals surface area contributed by atoms with Crippen molar-refractivity contribution in [2.45, 2.75) is 13.0 Å². The summed E-state index contributed by atoms with van der Waals surface area (Å²) in [5.41, 5.74) is 0.144. The number of amides is 1. The average molecular weight is 262 g/mol. The number of hydrogen-bond acceptors (Lipinski definition) is 5. The Labute approximate surface area is 109 Å². The van der Waals surface area contributed by atoms with Crippen LogP contribution in [0.3, 0.4) is 0 Å². The summed E-state index contributed by atoms with van der Waals surface area (Å²) in [4.78, 5) is 16.0. The summed E-state index contributed by atoms with van der Waals surface area (Å²) in [5, 5.41) is 19.0. The monoisotopic (exact) mass is 262 g/mol. The van der Waals surface area contributed by atoms with Gasteiger partial charge in [0.25, 0.3) is 5.91 Å². The summed E-state index contributed by atoms with van der Waals surface area (Å²) in [5.74, 6) is 0.184. The Morgan fingerprint density at radius 1 is 1.53 bits per heavy atom. The van der Waals surface area contributed by atoms with Gasteiger partial charge >= 0.3 is 0 Å². The number of benzene rings is 1. The number of H-pyrrole nitrogens is 1. The Kier molecular flexibility index (Phi) is 3.65. The molecular formula is C12H14N4O3. The maximum absolute atomic E-state index is 12.1. The number of ether oxygens (including phenoxy) is 1. The second-order valence-electron chi connectivity index (χ2n) is 3.92. The van der Waals surface area contributed by atoms with E-state index in [1.165, 1.54) is 19.5 Å². The first kappa shape index (κ1) is 12.9. The van der Waals surface area contributed by atoms with Gasteiger partial charge in [-0.25, -0.2) is 4.98 Å². The first-order chi connectivity index (χ1) is 9.13. The zero-order chi connectivity index (χ0) is 13.8. The largest absolute Gasteiger partial charge is 0.504 e. The molecule has 0 saturated heterocycles. The SMILES string of the molecule is COc1cccc(C(=O)NC(C)c2ncn[nH]2)c1O. The van der Waals surface area contributed by atoms with E-state index >= 15 is 0 Å². The van der Waals surface area contributed by atoms with Crippen LogP contribution in [0.25, 0.3) is 0 Å². The molecule has 1 unspecified atom stereocenters. The summed E-state index contributed by atoms with van der Waals surface area (Å²) in [6, 6.07) is 4.37. The second-order valence-corrected chi connectivity index (χ2v) is 3.92. The molecule has 0 aliphatic heterocycles. The lowest BCUT2D eigenvalue weighted by molar-refractivity contribution is 0.0935. The minimum absolute atomic E-state index is 0.144. The standard InChI is InChI=1S/C12H14N4O3/c1-7(11-13-6-14-16-11)15-12(18)8-4-3-5-9(19-2)10(8)17/h3-7,17H,1-2H3,(H,15,18)(H,13,14,16). The van der Waals surface area contributed by atoms with Crippen molar-refractivity contribution < 1.29 is 14.6 Å². The van der Waals surface area contributed by atoms with E-state index in [-0.39, 0.29) is 23.1 Å². The molecule has 7 heteroatoms. The van der Waals surface area contributed by atoms with E-state index in [1.54, 1.807) is 19.1 Å². The Bertz CT molecular complexity index is 568. The number of para-hydroxylation sites is 1. The summed E-state index contributed by atoms with van der Waals surface area (Å²) < 4.78 is 4.95. The smallest absolute Gasteiger partial charge is 0.255 e. The third kappa shape index (κ3) is 2.65. The molecule has 0 aliphatic carbocycles. The highest BCUT2D eigenvalue weighted by Crippen LogP contribution is 2.29. The number of aromatic hydroxyl groups is 1. The van der Waals surface area contributed by atoms with E-state index in [9.17, 15) is 9.90 Å². The van der Waals surface area contributed by atoms with Crippen LogP contribution >= 0.6 is 0 Å². The molecule has 100 valence electrons. The van der Waals surface area contributed by atoms with Crippen LogP contribution in [0.1, 0.15) is 29.1 Å². The van der Waals surface area contributed by atoms with Crippen LogP contribution in [0.5, 0.6) is 11.5 Å². The van der Waals surface area contributed by atoms with Gasteiger partial charge in [-0.05, 0) is 19.1 Å². The number of nitrogens with one attached hydrogen (secondary N) is 2. The van der Waals surface area contributed by atoms with E-state index < -0.39 is 5.91 Å². The number of phenolic OH excluding ortho intramolecular Hbond substituents is 1. The number of phenols is 1. The lowest BCUT2D eigenvalue weighted by atomic mass is 10.1. The second kappa shape index (κ2) is 5.38. The fraction of sp³-hybridized carbons (Fsp3) is 0.250. The number of nitrogens with zero attached hydrogens (tertiary/aromatic N) is 2. The van der Waals surface area contributed by atoms with Crippen LogP contribution in [0.4, 0.5) is 0 Å². The van der Waals surface area contributed by atoms with Crippen molar-refractivity contribution in [2.24, 2.45) is 0 Å². The Morgan fingerprint density at radius 2 is 2.32 bits per heavy atom. The van der Waals surface area contributed by atoms with Crippen LogP contribution in [0.2, 0.25) is 0 Å². The van der Waals surface area contributed by atoms with Crippen LogP contribution < -0.4 is 10.1 Å². The maximum Gasteiger partial charge on any atom is 0.255 e. The topological polar surface area (TPSA) is 100 Å². The molecule has 3 N–H and O–H groups in total. The molecule has 1 aromatic carbocycles. The zero-order valence-electron chi connectivity index (χ0n) is 10.5. The molecule has 0 radical (unpaired) electrons. The predicted molar refractivity (Wildman–Crippen MR) is 66.9 cm³/mol. The number of carbonyl (C=O) groups excluding carboxylic acids is 1. The fourth-order valence-corrected chi connectivity index (χ4v) is 1.64. The molecule has 2 rings (SSSR count). The molecule has 1 heterocycles. The Hall–Kier alpha value is -2.57. The molecule has 19 heavy (non-hydrogen) atoms. The summed E-state index contributed by atoms with van der Waals surface area (Å²) >= 11 is 0. The molecule has 0 bridgehead atoms. The van der Waals surface area contributed by atoms with Crippen molar-refractivity contribution in [3.05, 3.63) is 35.9 Å². The maximum atomic E-state index is 12.1. The van der Waals surface area contributed by atoms with Crippen molar-refractivity contribution in [2.75, 3.05) is 7.11 Å². The molecule has 7 nitrogen and oxygen atoms in total. The number of carbonyl (C=O) groups is 1. The number of aromatic amines is 1. The molecule has 0 spiro atoms. The molecular weight excluding hydrogens is 248 g/mol. The molecule has 1 atom stereocenters. The highest BCUT2D eigenvalue weighted by Gasteiger charge is 2.18. The van der Waals surface area contributed by atoms with Crippen molar-refractivity contribution in [1.82, 2.24) is 20.5 Å². The minimum Gasteiger partial charge on any atom is -0.504 e. The Morgan fingerprint density at radius 3 is 2.95 bits per heavy atom. The van der Waals surface area contributed by atoms with Crippen LogP contribution in [-0.4, -0.2) is 33.3 Å². The highest BCUT2D eigenvalue weighted by molar-refractivity contribution is 5.97. The van der Waals surface area contributed by atoms with Gasteiger partial charge in [-0.15, -0.1) is 0 Å². The van der Waals surface area contributed by atoms with Crippen LogP contribution in [0, 0.1) is 0 Å². The number of aromatic nitrogens is 3. The molecule has 0 fully saturated rings. The van der Waals surface area contributed by atoms with Gasteiger partial charge in [0.15, 0.2) is 11.5 Å². The van der Waals surface area contributed by atoms with Gasteiger partial charge in [0.2, 0.25) is 0 Å². The van der Waals surface area contributed by atoms with Crippen LogP contribution in [0.15, 0.2) is 24.5 Å². The third-order valence-electron chi connectivity index (χ3n) is 2.65. The van der Waals surface area contributed by atoms with E-state index in [1.807, 2.05) is 0 Å². The van der Waals surface area contributed by atoms with Crippen LogP contribution in [-0.2, 0) is 0 Å². The minimum atomic E-state index is -0.416. The van der Waals surface area contributed by atoms with Gasteiger partial charge in [0.05, 0.1) is 18.7 Å².